The van der Waals surface area contributed by atoms with Crippen LogP contribution in [-0.2, 0) is 0 Å². The quantitative estimate of drug-likeness (QED) is 0.181. The van der Waals surface area contributed by atoms with E-state index in [1.807, 2.05) is 0 Å². The molecule has 9 aromatic rings. The molecule has 0 aromatic heterocycles. The van der Waals surface area contributed by atoms with Crippen molar-refractivity contribution in [2.75, 3.05) is 0 Å². The topological polar surface area (TPSA) is 0 Å². The highest BCUT2D eigenvalue weighted by Gasteiger charge is 2.11. The van der Waals surface area contributed by atoms with Crippen molar-refractivity contribution in [3.8, 4) is 44.5 Å². The van der Waals surface area contributed by atoms with Crippen LogP contribution >= 0.6 is 0 Å². The molecule has 0 spiro atoms. The largest absolute Gasteiger partial charge is 0.0616 e. The van der Waals surface area contributed by atoms with Gasteiger partial charge in [-0.05, 0) is 112 Å². The van der Waals surface area contributed by atoms with Crippen LogP contribution in [0.5, 0.6) is 0 Å². The van der Waals surface area contributed by atoms with Gasteiger partial charge in [-0.2, -0.15) is 0 Å². The molecular formula is C46H30. The number of hydrogen-bond donors (Lipinski definition) is 0. The van der Waals surface area contributed by atoms with E-state index in [1.54, 1.807) is 0 Å². The third-order valence-corrected chi connectivity index (χ3v) is 9.44. The van der Waals surface area contributed by atoms with Crippen LogP contribution in [0.15, 0.2) is 182 Å². The van der Waals surface area contributed by atoms with Gasteiger partial charge in [-0.1, -0.05) is 158 Å². The van der Waals surface area contributed by atoms with Crippen LogP contribution in [0.3, 0.4) is 0 Å². The van der Waals surface area contributed by atoms with Gasteiger partial charge in [0.05, 0.1) is 0 Å². The Kier molecular flexibility index (Phi) is 6.25. The Labute approximate surface area is 268 Å². The van der Waals surface area contributed by atoms with Crippen LogP contribution in [0.25, 0.3) is 87.6 Å². The minimum Gasteiger partial charge on any atom is -0.0616 e. The van der Waals surface area contributed by atoms with Crippen molar-refractivity contribution in [3.63, 3.8) is 0 Å². The highest BCUT2D eigenvalue weighted by atomic mass is 14.1. The molecule has 0 aliphatic carbocycles. The molecular weight excluding hydrogens is 553 g/mol. The molecule has 0 atom stereocenters. The number of hydrogen-bond acceptors (Lipinski definition) is 0. The lowest BCUT2D eigenvalue weighted by atomic mass is 9.91. The fourth-order valence-corrected chi connectivity index (χ4v) is 7.07. The first kappa shape index (κ1) is 26.4. The molecule has 0 saturated carbocycles. The van der Waals surface area contributed by atoms with Gasteiger partial charge in [-0.3, -0.25) is 0 Å². The lowest BCUT2D eigenvalue weighted by Gasteiger charge is -2.13. The summed E-state index contributed by atoms with van der Waals surface area (Å²) < 4.78 is 0. The Bertz CT molecular complexity index is 2570. The van der Waals surface area contributed by atoms with Gasteiger partial charge in [0.25, 0.3) is 0 Å². The predicted octanol–water partition coefficient (Wildman–Crippen LogP) is 13.0. The molecule has 0 unspecified atom stereocenters. The Morgan fingerprint density at radius 1 is 0.196 bits per heavy atom. The maximum absolute atomic E-state index is 2.33. The summed E-state index contributed by atoms with van der Waals surface area (Å²) in [6, 6.07) is 66.5. The smallest absolute Gasteiger partial charge is 0.00990 e. The third-order valence-electron chi connectivity index (χ3n) is 9.44. The molecule has 0 amide bonds. The molecule has 0 saturated heterocycles. The lowest BCUT2D eigenvalue weighted by molar-refractivity contribution is 1.60. The van der Waals surface area contributed by atoms with Crippen LogP contribution < -0.4 is 0 Å². The van der Waals surface area contributed by atoms with Gasteiger partial charge in [0.1, 0.15) is 0 Å². The molecule has 0 aliphatic rings. The third kappa shape index (κ3) is 4.55. The van der Waals surface area contributed by atoms with Crippen LogP contribution in [0.1, 0.15) is 0 Å². The van der Waals surface area contributed by atoms with Crippen molar-refractivity contribution in [2.24, 2.45) is 0 Å². The van der Waals surface area contributed by atoms with E-state index in [0.717, 1.165) is 0 Å². The van der Waals surface area contributed by atoms with Gasteiger partial charge in [-0.15, -0.1) is 0 Å². The number of rotatable bonds is 4. The SMILES string of the molecule is c1ccc(-c2ccc3cc(-c4ccc(-c5cc6ccccc6c6ccccc56)cc4)ccc3c2)c(-c2ccc3ccccc3c2)c1. The summed E-state index contributed by atoms with van der Waals surface area (Å²) in [6.07, 6.45) is 0. The second kappa shape index (κ2) is 10.9. The van der Waals surface area contributed by atoms with E-state index >= 15 is 0 Å². The van der Waals surface area contributed by atoms with E-state index in [1.165, 1.54) is 87.6 Å². The summed E-state index contributed by atoms with van der Waals surface area (Å²) in [5.41, 5.74) is 9.94. The van der Waals surface area contributed by atoms with Crippen molar-refractivity contribution >= 4 is 43.1 Å². The van der Waals surface area contributed by atoms with Crippen molar-refractivity contribution < 1.29 is 0 Å². The Morgan fingerprint density at radius 2 is 0.630 bits per heavy atom. The number of benzene rings is 9. The summed E-state index contributed by atoms with van der Waals surface area (Å²) >= 11 is 0. The molecule has 214 valence electrons. The van der Waals surface area contributed by atoms with E-state index in [0.29, 0.717) is 0 Å². The molecule has 0 bridgehead atoms. The molecule has 0 radical (unpaired) electrons. The van der Waals surface area contributed by atoms with Gasteiger partial charge >= 0.3 is 0 Å². The zero-order chi connectivity index (χ0) is 30.5. The molecule has 0 N–H and O–H groups in total. The first-order valence-corrected chi connectivity index (χ1v) is 15.9. The standard InChI is InChI=1S/C46H30/c1-2-10-34-28-39(25-19-31(34)9-1)41-12-5-6-13-42(41)40-26-24-36-27-35(22-23-37(36)29-40)32-17-20-33(21-18-32)46-30-38-11-3-4-14-43(38)44-15-7-8-16-45(44)46/h1-30H. The van der Waals surface area contributed by atoms with E-state index < -0.39 is 0 Å². The molecule has 9 aromatic carbocycles. The molecule has 0 fully saturated rings. The second-order valence-electron chi connectivity index (χ2n) is 12.2. The molecule has 46 heavy (non-hydrogen) atoms. The van der Waals surface area contributed by atoms with E-state index in [4.69, 9.17) is 0 Å². The summed E-state index contributed by atoms with van der Waals surface area (Å²) in [5.74, 6) is 0. The van der Waals surface area contributed by atoms with Crippen LogP contribution in [0.4, 0.5) is 0 Å². The van der Waals surface area contributed by atoms with Crippen LogP contribution in [0.2, 0.25) is 0 Å². The van der Waals surface area contributed by atoms with E-state index in [9.17, 15) is 0 Å². The molecule has 0 heterocycles. The minimum atomic E-state index is 1.22. The zero-order valence-electron chi connectivity index (χ0n) is 25.3. The molecule has 9 rings (SSSR count). The Balaban J connectivity index is 1.06. The Morgan fingerprint density at radius 3 is 1.33 bits per heavy atom. The average Bonchev–Trinajstić information content (AvgIpc) is 3.14. The summed E-state index contributed by atoms with van der Waals surface area (Å²) in [5, 5.41) is 10.2. The number of fused-ring (bicyclic) bond motifs is 5. The second-order valence-corrected chi connectivity index (χ2v) is 12.2. The van der Waals surface area contributed by atoms with Crippen LogP contribution in [-0.4, -0.2) is 0 Å². The van der Waals surface area contributed by atoms with Crippen molar-refractivity contribution in [1.82, 2.24) is 0 Å². The fraction of sp³-hybridized carbons (Fsp3) is 0. The lowest BCUT2D eigenvalue weighted by Crippen LogP contribution is -1.87. The summed E-state index contributed by atoms with van der Waals surface area (Å²) in [6.45, 7) is 0. The fourth-order valence-electron chi connectivity index (χ4n) is 7.07. The first-order valence-electron chi connectivity index (χ1n) is 15.9. The van der Waals surface area contributed by atoms with Crippen molar-refractivity contribution in [3.05, 3.63) is 182 Å². The maximum Gasteiger partial charge on any atom is -0.00990 e. The van der Waals surface area contributed by atoms with Gasteiger partial charge in [0.2, 0.25) is 0 Å². The highest BCUT2D eigenvalue weighted by Crippen LogP contribution is 2.38. The Hall–Kier alpha value is -5.98. The van der Waals surface area contributed by atoms with E-state index in [-0.39, 0.29) is 0 Å². The normalized spacial score (nSPS) is 11.5. The van der Waals surface area contributed by atoms with Crippen molar-refractivity contribution in [2.45, 2.75) is 0 Å². The van der Waals surface area contributed by atoms with Crippen LogP contribution in [0, 0.1) is 0 Å². The summed E-state index contributed by atoms with van der Waals surface area (Å²) in [4.78, 5) is 0. The van der Waals surface area contributed by atoms with E-state index in [2.05, 4.69) is 182 Å². The molecule has 0 nitrogen and oxygen atoms in total. The van der Waals surface area contributed by atoms with Gasteiger partial charge < -0.3 is 0 Å². The highest BCUT2D eigenvalue weighted by molar-refractivity contribution is 6.13. The van der Waals surface area contributed by atoms with Gasteiger partial charge in [-0.25, -0.2) is 0 Å². The monoisotopic (exact) mass is 582 g/mol. The zero-order valence-corrected chi connectivity index (χ0v) is 25.3. The van der Waals surface area contributed by atoms with Crippen molar-refractivity contribution in [1.29, 1.82) is 0 Å². The molecule has 0 heteroatoms. The molecule has 0 aliphatic heterocycles. The average molecular weight is 583 g/mol. The minimum absolute atomic E-state index is 1.22. The van der Waals surface area contributed by atoms with Gasteiger partial charge in [0, 0.05) is 0 Å². The predicted molar refractivity (Wildman–Crippen MR) is 198 cm³/mol. The van der Waals surface area contributed by atoms with Gasteiger partial charge in [0.15, 0.2) is 0 Å². The summed E-state index contributed by atoms with van der Waals surface area (Å²) in [7, 11) is 0. The maximum atomic E-state index is 2.33. The first-order chi connectivity index (χ1) is 22.8.